The molecule has 5 heteroatoms. The zero-order valence-corrected chi connectivity index (χ0v) is 8.25. The zero-order valence-electron chi connectivity index (χ0n) is 13.2. The Morgan fingerprint density at radius 1 is 1.64 bits per heavy atom. The standard InChI is InChI=1S/C9H17NO4/c1-9(2,3)14-8(13)6(10)4-5-7(11)12/h6H,4-5,10H2,1-3H3,(H,11,12)/t6-/m0/s1/i4D2,5D2,6D. The Kier molecular flexibility index (Phi) is 2.26. The molecule has 5 nitrogen and oxygen atoms in total. The van der Waals surface area contributed by atoms with Crippen molar-refractivity contribution in [3.8, 4) is 0 Å². The van der Waals surface area contributed by atoms with Crippen LogP contribution in [0.5, 0.6) is 0 Å². The van der Waals surface area contributed by atoms with Gasteiger partial charge in [-0.1, -0.05) is 0 Å². The van der Waals surface area contributed by atoms with Crippen LogP contribution in [0.4, 0.5) is 0 Å². The molecule has 0 rings (SSSR count). The molecule has 0 aliphatic carbocycles. The summed E-state index contributed by atoms with van der Waals surface area (Å²) in [5, 5.41) is 8.65. The molecule has 3 N–H and O–H groups in total. The molecule has 0 aromatic heterocycles. The van der Waals surface area contributed by atoms with E-state index in [-0.39, 0.29) is 0 Å². The predicted octanol–water partition coefficient (Wildman–Crippen LogP) is 0.520. The summed E-state index contributed by atoms with van der Waals surface area (Å²) in [5.41, 5.74) is 4.11. The van der Waals surface area contributed by atoms with Gasteiger partial charge in [-0.05, 0) is 27.1 Å². The summed E-state index contributed by atoms with van der Waals surface area (Å²) in [6, 6.07) is -3.21. The smallest absolute Gasteiger partial charge is 0.323 e. The molecule has 0 spiro atoms. The van der Waals surface area contributed by atoms with Crippen molar-refractivity contribution in [3.05, 3.63) is 0 Å². The van der Waals surface area contributed by atoms with E-state index in [0.29, 0.717) is 0 Å². The Morgan fingerprint density at radius 2 is 2.14 bits per heavy atom. The van der Waals surface area contributed by atoms with Crippen LogP contribution in [0.15, 0.2) is 0 Å². The van der Waals surface area contributed by atoms with Gasteiger partial charge >= 0.3 is 11.9 Å². The second-order valence-electron chi connectivity index (χ2n) is 3.47. The van der Waals surface area contributed by atoms with Crippen LogP contribution in [0.1, 0.15) is 40.4 Å². The lowest BCUT2D eigenvalue weighted by atomic mass is 10.1. The fraction of sp³-hybridized carbons (Fsp3) is 0.778. The van der Waals surface area contributed by atoms with Gasteiger partial charge in [0.2, 0.25) is 0 Å². The number of hydrogen-bond acceptors (Lipinski definition) is 4. The van der Waals surface area contributed by atoms with E-state index in [9.17, 15) is 9.59 Å². The van der Waals surface area contributed by atoms with Gasteiger partial charge in [-0.15, -0.1) is 0 Å². The quantitative estimate of drug-likeness (QED) is 0.657. The first-order chi connectivity index (χ1) is 8.07. The van der Waals surface area contributed by atoms with E-state index in [1.807, 2.05) is 0 Å². The van der Waals surface area contributed by atoms with Gasteiger partial charge in [0.25, 0.3) is 0 Å². The topological polar surface area (TPSA) is 89.6 Å². The van der Waals surface area contributed by atoms with Crippen LogP contribution in [0, 0.1) is 0 Å². The van der Waals surface area contributed by atoms with Gasteiger partial charge in [-0.2, -0.15) is 0 Å². The van der Waals surface area contributed by atoms with Crippen LogP contribution in [0.25, 0.3) is 0 Å². The number of esters is 1. The number of nitrogens with two attached hydrogens (primary N) is 1. The van der Waals surface area contributed by atoms with Gasteiger partial charge in [0.05, 0.1) is 1.37 Å². The number of carbonyl (C=O) groups is 2. The van der Waals surface area contributed by atoms with Crippen molar-refractivity contribution >= 4 is 11.9 Å². The molecule has 0 aliphatic heterocycles. The van der Waals surface area contributed by atoms with Crippen molar-refractivity contribution < 1.29 is 26.3 Å². The lowest BCUT2D eigenvalue weighted by Gasteiger charge is -2.21. The molecular weight excluding hydrogens is 186 g/mol. The van der Waals surface area contributed by atoms with Gasteiger partial charge in [-0.3, -0.25) is 9.59 Å². The molecule has 0 heterocycles. The summed E-state index contributed by atoms with van der Waals surface area (Å²) < 4.78 is 41.3. The minimum absolute atomic E-state index is 1.07. The van der Waals surface area contributed by atoms with Crippen molar-refractivity contribution in [2.45, 2.75) is 45.1 Å². The summed E-state index contributed by atoms with van der Waals surface area (Å²) in [6.45, 7) is 4.34. The number of ether oxygens (including phenoxy) is 1. The molecule has 0 aromatic carbocycles. The molecule has 14 heavy (non-hydrogen) atoms. The van der Waals surface area contributed by atoms with Gasteiger partial charge in [-0.25, -0.2) is 0 Å². The summed E-state index contributed by atoms with van der Waals surface area (Å²) in [7, 11) is 0. The highest BCUT2D eigenvalue weighted by Gasteiger charge is 2.22. The van der Waals surface area contributed by atoms with Crippen molar-refractivity contribution in [3.63, 3.8) is 0 Å². The number of hydrogen-bond donors (Lipinski definition) is 2. The fourth-order valence-corrected chi connectivity index (χ4v) is 0.505. The highest BCUT2D eigenvalue weighted by atomic mass is 16.6. The van der Waals surface area contributed by atoms with E-state index in [1.54, 1.807) is 0 Å². The number of carboxylic acids is 1. The second-order valence-corrected chi connectivity index (χ2v) is 3.47. The number of carboxylic acid groups (broad SMARTS) is 1. The van der Waals surface area contributed by atoms with Crippen LogP contribution in [-0.4, -0.2) is 28.7 Å². The monoisotopic (exact) mass is 208 g/mol. The minimum atomic E-state index is -3.53. The van der Waals surface area contributed by atoms with Crippen molar-refractivity contribution in [2.24, 2.45) is 5.73 Å². The summed E-state index contributed by atoms with van der Waals surface area (Å²) in [5.74, 6) is -3.71. The fourth-order valence-electron chi connectivity index (χ4n) is 0.505. The predicted molar refractivity (Wildman–Crippen MR) is 50.7 cm³/mol. The molecule has 0 amide bonds. The molecule has 0 saturated heterocycles. The molecule has 1 atom stereocenters. The Hall–Kier alpha value is -1.10. The van der Waals surface area contributed by atoms with Crippen molar-refractivity contribution in [2.75, 3.05) is 0 Å². The van der Waals surface area contributed by atoms with E-state index in [4.69, 9.17) is 22.4 Å². The highest BCUT2D eigenvalue weighted by molar-refractivity contribution is 5.77. The van der Waals surface area contributed by atoms with Gasteiger partial charge in [0.15, 0.2) is 0 Å². The molecule has 0 unspecified atom stereocenters. The SMILES string of the molecule is [2H]C([2H])(C(=O)O)C([2H])([2H])[C@]([2H])(N)C(=O)OC(C)(C)C. The van der Waals surface area contributed by atoms with Crippen LogP contribution in [0.2, 0.25) is 0 Å². The zero-order chi connectivity index (χ0) is 15.9. The summed E-state index contributed by atoms with van der Waals surface area (Å²) >= 11 is 0. The minimum Gasteiger partial charge on any atom is -0.481 e. The third-order valence-corrected chi connectivity index (χ3v) is 0.923. The van der Waals surface area contributed by atoms with Gasteiger partial charge in [0.1, 0.15) is 11.6 Å². The van der Waals surface area contributed by atoms with E-state index in [1.165, 1.54) is 20.8 Å². The maximum Gasteiger partial charge on any atom is 0.323 e. The van der Waals surface area contributed by atoms with Crippen molar-refractivity contribution in [1.29, 1.82) is 0 Å². The molecular formula is C9H17NO4. The molecule has 0 bridgehead atoms. The summed E-state index contributed by atoms with van der Waals surface area (Å²) in [4.78, 5) is 22.4. The summed E-state index contributed by atoms with van der Waals surface area (Å²) in [6.07, 6.45) is -7.02. The first-order valence-electron chi connectivity index (χ1n) is 6.33. The van der Waals surface area contributed by atoms with Gasteiger partial charge < -0.3 is 15.6 Å². The number of rotatable bonds is 4. The molecule has 82 valence electrons. The van der Waals surface area contributed by atoms with E-state index in [0.717, 1.165) is 0 Å². The largest absolute Gasteiger partial charge is 0.481 e. The third kappa shape index (κ3) is 6.42. The molecule has 0 aromatic rings. The highest BCUT2D eigenvalue weighted by Crippen LogP contribution is 2.09. The van der Waals surface area contributed by atoms with Crippen LogP contribution < -0.4 is 5.73 Å². The van der Waals surface area contributed by atoms with Crippen molar-refractivity contribution in [1.82, 2.24) is 0 Å². The lowest BCUT2D eigenvalue weighted by Crippen LogP contribution is -2.37. The van der Waals surface area contributed by atoms with Crippen LogP contribution >= 0.6 is 0 Å². The average Bonchev–Trinajstić information content (AvgIpc) is 2.13. The van der Waals surface area contributed by atoms with Crippen LogP contribution in [-0.2, 0) is 14.3 Å². The molecule has 0 fully saturated rings. The molecule has 0 radical (unpaired) electrons. The lowest BCUT2D eigenvalue weighted by molar-refractivity contribution is -0.156. The molecule has 0 saturated carbocycles. The second kappa shape index (κ2) is 4.95. The first-order valence-corrected chi connectivity index (χ1v) is 3.83. The molecule has 0 aliphatic rings. The third-order valence-electron chi connectivity index (χ3n) is 0.923. The number of carbonyl (C=O) groups excluding carboxylic acids is 1. The average molecular weight is 208 g/mol. The van der Waals surface area contributed by atoms with Gasteiger partial charge in [0, 0.05) is 11.9 Å². The van der Waals surface area contributed by atoms with Crippen LogP contribution in [0.3, 0.4) is 0 Å². The Morgan fingerprint density at radius 3 is 2.50 bits per heavy atom. The maximum atomic E-state index is 11.7. The van der Waals surface area contributed by atoms with E-state index in [2.05, 4.69) is 0 Å². The normalized spacial score (nSPS) is 23.0. The number of aliphatic carboxylic acids is 1. The Balaban J connectivity index is 5.52. The Bertz CT molecular complexity index is 389. The Labute approximate surface area is 90.3 Å². The first kappa shape index (κ1) is 6.40. The maximum absolute atomic E-state index is 11.7. The van der Waals surface area contributed by atoms with E-state index < -0.39 is 36.3 Å². The van der Waals surface area contributed by atoms with E-state index >= 15 is 0 Å².